The summed E-state index contributed by atoms with van der Waals surface area (Å²) >= 11 is 0. The molecule has 0 aromatic heterocycles. The van der Waals surface area contributed by atoms with Crippen molar-refractivity contribution in [2.24, 2.45) is 0 Å². The van der Waals surface area contributed by atoms with E-state index >= 15 is 0 Å². The van der Waals surface area contributed by atoms with Gasteiger partial charge in [-0.3, -0.25) is 0 Å². The van der Waals surface area contributed by atoms with Gasteiger partial charge in [-0.15, -0.1) is 23.8 Å². The molecule has 0 fully saturated rings. The van der Waals surface area contributed by atoms with Crippen LogP contribution in [0, 0.1) is 19.1 Å². The Morgan fingerprint density at radius 3 is 2.40 bits per heavy atom. The van der Waals surface area contributed by atoms with Crippen molar-refractivity contribution in [3.63, 3.8) is 0 Å². The summed E-state index contributed by atoms with van der Waals surface area (Å²) in [7, 11) is 0. The first-order chi connectivity index (χ1) is 9.34. The fourth-order valence-electron chi connectivity index (χ4n) is 2.26. The Morgan fingerprint density at radius 2 is 1.65 bits per heavy atom. The summed E-state index contributed by atoms with van der Waals surface area (Å²) in [6, 6.07) is 29.3. The normalized spacial score (nSPS) is 9.85. The van der Waals surface area contributed by atoms with E-state index in [9.17, 15) is 0 Å². The Labute approximate surface area is 134 Å². The van der Waals surface area contributed by atoms with Gasteiger partial charge in [0.2, 0.25) is 0 Å². The Balaban J connectivity index is 0.00000147. The van der Waals surface area contributed by atoms with Crippen LogP contribution in [0.3, 0.4) is 0 Å². The van der Waals surface area contributed by atoms with Crippen molar-refractivity contribution in [2.75, 3.05) is 0 Å². The van der Waals surface area contributed by atoms with Crippen LogP contribution in [0.15, 0.2) is 66.7 Å². The van der Waals surface area contributed by atoms with Crippen LogP contribution in [0.25, 0.3) is 22.3 Å². The van der Waals surface area contributed by atoms with Crippen LogP contribution in [0.1, 0.15) is 5.56 Å². The second-order valence-corrected chi connectivity index (χ2v) is 4.60. The molecular weight excluding hydrogens is 412 g/mol. The summed E-state index contributed by atoms with van der Waals surface area (Å²) in [5, 5.41) is 0. The molecule has 0 nitrogen and oxygen atoms in total. The molecule has 0 spiro atoms. The minimum absolute atomic E-state index is 0. The molecule has 0 aliphatic carbocycles. The molecule has 1 heteroatoms. The molecule has 3 aromatic rings. The third-order valence-electron chi connectivity index (χ3n) is 3.16. The summed E-state index contributed by atoms with van der Waals surface area (Å²) in [5.41, 5.74) is 5.88. The maximum absolute atomic E-state index is 3.34. The van der Waals surface area contributed by atoms with E-state index < -0.39 is 0 Å². The SMILES string of the molecule is Cc1cccc(-c2ccc[c-]c2-c2[c-]cccc2)c1.[W+2]. The molecule has 0 radical (unpaired) electrons. The first-order valence-electron chi connectivity index (χ1n) is 6.39. The second kappa shape index (κ2) is 6.68. The van der Waals surface area contributed by atoms with E-state index in [0.717, 1.165) is 11.1 Å². The zero-order valence-electron chi connectivity index (χ0n) is 11.3. The van der Waals surface area contributed by atoms with E-state index in [4.69, 9.17) is 0 Å². The molecule has 0 unspecified atom stereocenters. The van der Waals surface area contributed by atoms with E-state index in [2.05, 4.69) is 55.5 Å². The molecular formula is C19H14W. The van der Waals surface area contributed by atoms with Gasteiger partial charge in [-0.05, 0) is 6.92 Å². The van der Waals surface area contributed by atoms with Crippen LogP contribution < -0.4 is 0 Å². The van der Waals surface area contributed by atoms with Gasteiger partial charge in [0.15, 0.2) is 0 Å². The first kappa shape index (κ1) is 14.8. The number of hydrogen-bond acceptors (Lipinski definition) is 0. The van der Waals surface area contributed by atoms with Gasteiger partial charge < -0.3 is 0 Å². The van der Waals surface area contributed by atoms with E-state index in [1.165, 1.54) is 16.7 Å². The summed E-state index contributed by atoms with van der Waals surface area (Å²) in [5.74, 6) is 0. The standard InChI is InChI=1S/C19H14.W/c1-15-8-7-11-17(14-15)19-13-6-5-12-18(19)16-9-3-2-4-10-16;/h2-9,11,13-14H,1H3;/q-2;+2. The number of hydrogen-bond donors (Lipinski definition) is 0. The topological polar surface area (TPSA) is 0 Å². The summed E-state index contributed by atoms with van der Waals surface area (Å²) in [6.07, 6.45) is 0. The third-order valence-corrected chi connectivity index (χ3v) is 3.16. The maximum atomic E-state index is 3.34. The molecule has 0 heterocycles. The Morgan fingerprint density at radius 1 is 0.800 bits per heavy atom. The quantitative estimate of drug-likeness (QED) is 0.511. The fourth-order valence-corrected chi connectivity index (χ4v) is 2.26. The second-order valence-electron chi connectivity index (χ2n) is 4.60. The largest absolute Gasteiger partial charge is 2.00 e. The van der Waals surface area contributed by atoms with Crippen molar-refractivity contribution in [3.8, 4) is 22.3 Å². The fraction of sp³-hybridized carbons (Fsp3) is 0.0526. The number of aryl methyl sites for hydroxylation is 1. The van der Waals surface area contributed by atoms with Gasteiger partial charge in [0.25, 0.3) is 0 Å². The van der Waals surface area contributed by atoms with Crippen molar-refractivity contribution < 1.29 is 21.1 Å². The summed E-state index contributed by atoms with van der Waals surface area (Å²) < 4.78 is 0. The predicted octanol–water partition coefficient (Wildman–Crippen LogP) is 4.93. The maximum Gasteiger partial charge on any atom is 2.00 e. The van der Waals surface area contributed by atoms with E-state index in [1.54, 1.807) is 0 Å². The molecule has 0 bridgehead atoms. The average Bonchev–Trinajstić information content (AvgIpc) is 2.48. The van der Waals surface area contributed by atoms with Gasteiger partial charge in [0.1, 0.15) is 0 Å². The van der Waals surface area contributed by atoms with Gasteiger partial charge >= 0.3 is 21.1 Å². The summed E-state index contributed by atoms with van der Waals surface area (Å²) in [4.78, 5) is 0. The predicted molar refractivity (Wildman–Crippen MR) is 79.7 cm³/mol. The number of rotatable bonds is 2. The molecule has 0 N–H and O–H groups in total. The minimum atomic E-state index is 0. The van der Waals surface area contributed by atoms with Crippen molar-refractivity contribution in [2.45, 2.75) is 6.92 Å². The van der Waals surface area contributed by atoms with Crippen molar-refractivity contribution in [1.82, 2.24) is 0 Å². The smallest absolute Gasteiger partial charge is 0.226 e. The van der Waals surface area contributed by atoms with E-state index in [0.29, 0.717) is 0 Å². The molecule has 20 heavy (non-hydrogen) atoms. The molecule has 3 rings (SSSR count). The Bertz CT molecular complexity index is 687. The average molecular weight is 426 g/mol. The van der Waals surface area contributed by atoms with Crippen LogP contribution in [-0.2, 0) is 21.1 Å². The van der Waals surface area contributed by atoms with Gasteiger partial charge in [0, 0.05) is 0 Å². The minimum Gasteiger partial charge on any atom is -0.226 e. The van der Waals surface area contributed by atoms with Crippen molar-refractivity contribution in [1.29, 1.82) is 0 Å². The number of benzene rings is 3. The molecule has 0 aliphatic heterocycles. The zero-order chi connectivity index (χ0) is 13.1. The molecule has 0 saturated carbocycles. The van der Waals surface area contributed by atoms with Gasteiger partial charge in [0.05, 0.1) is 0 Å². The summed E-state index contributed by atoms with van der Waals surface area (Å²) in [6.45, 7) is 2.12. The van der Waals surface area contributed by atoms with E-state index in [1.807, 2.05) is 30.3 Å². The molecule has 96 valence electrons. The van der Waals surface area contributed by atoms with Gasteiger partial charge in [-0.2, -0.15) is 36.4 Å². The van der Waals surface area contributed by atoms with Crippen LogP contribution >= 0.6 is 0 Å². The molecule has 0 atom stereocenters. The molecule has 0 amide bonds. The van der Waals surface area contributed by atoms with Crippen LogP contribution in [-0.4, -0.2) is 0 Å². The van der Waals surface area contributed by atoms with Crippen molar-refractivity contribution >= 4 is 0 Å². The van der Waals surface area contributed by atoms with E-state index in [-0.39, 0.29) is 21.1 Å². The van der Waals surface area contributed by atoms with Crippen molar-refractivity contribution in [3.05, 3.63) is 84.4 Å². The molecule has 0 saturated heterocycles. The third kappa shape index (κ3) is 3.08. The zero-order valence-corrected chi connectivity index (χ0v) is 14.2. The van der Waals surface area contributed by atoms with Gasteiger partial charge in [-0.1, -0.05) is 35.4 Å². The monoisotopic (exact) mass is 426 g/mol. The van der Waals surface area contributed by atoms with Crippen LogP contribution in [0.5, 0.6) is 0 Å². The molecule has 3 aromatic carbocycles. The van der Waals surface area contributed by atoms with Gasteiger partial charge in [-0.25, -0.2) is 11.1 Å². The molecule has 0 aliphatic rings. The Kier molecular flexibility index (Phi) is 4.93. The van der Waals surface area contributed by atoms with Crippen LogP contribution in [0.2, 0.25) is 0 Å². The first-order valence-corrected chi connectivity index (χ1v) is 6.39. The Hall–Kier alpha value is -1.65. The van der Waals surface area contributed by atoms with Crippen LogP contribution in [0.4, 0.5) is 0 Å².